The normalized spacial score (nSPS) is 15.2. The average molecular weight is 376 g/mol. The Labute approximate surface area is 164 Å². The smallest absolute Gasteiger partial charge is 0.347 e. The summed E-state index contributed by atoms with van der Waals surface area (Å²) in [5, 5.41) is 4.24. The molecule has 1 aliphatic rings. The summed E-state index contributed by atoms with van der Waals surface area (Å²) in [6.45, 7) is 0. The van der Waals surface area contributed by atoms with E-state index in [4.69, 9.17) is 14.1 Å². The fraction of sp³-hybridized carbons (Fsp3) is 0.304. The molecule has 0 aliphatic heterocycles. The molecule has 0 atom stereocenters. The number of ether oxygens (including phenoxy) is 1. The number of nitrogens with zero attached hydrogens (tertiary/aromatic N) is 1. The van der Waals surface area contributed by atoms with Gasteiger partial charge in [-0.1, -0.05) is 31.4 Å². The first-order chi connectivity index (χ1) is 13.7. The molecule has 5 heteroatoms. The van der Waals surface area contributed by atoms with Crippen molar-refractivity contribution in [3.63, 3.8) is 0 Å². The predicted octanol–water partition coefficient (Wildman–Crippen LogP) is 5.30. The van der Waals surface area contributed by atoms with Crippen LogP contribution in [0.2, 0.25) is 0 Å². The van der Waals surface area contributed by atoms with Gasteiger partial charge in [0.05, 0.1) is 12.8 Å². The fourth-order valence-corrected chi connectivity index (χ4v) is 3.64. The van der Waals surface area contributed by atoms with Crippen LogP contribution in [0.5, 0.6) is 5.75 Å². The molecule has 5 nitrogen and oxygen atoms in total. The third kappa shape index (κ3) is 3.93. The SMILES string of the molecule is COc1ccc(Nc2c(/C=N/C3CCCCC3)c(=O)oc3ccccc23)cc1. The van der Waals surface area contributed by atoms with Gasteiger partial charge < -0.3 is 14.5 Å². The minimum absolute atomic E-state index is 0.286. The number of aliphatic imine (C=N–C) groups is 1. The van der Waals surface area contributed by atoms with Gasteiger partial charge in [-0.15, -0.1) is 0 Å². The Hall–Kier alpha value is -3.08. The number of rotatable bonds is 5. The van der Waals surface area contributed by atoms with Gasteiger partial charge in [-0.2, -0.15) is 0 Å². The highest BCUT2D eigenvalue weighted by molar-refractivity contribution is 6.01. The molecule has 1 N–H and O–H groups in total. The van der Waals surface area contributed by atoms with E-state index in [0.29, 0.717) is 11.1 Å². The molecule has 1 aliphatic carbocycles. The molecule has 144 valence electrons. The first kappa shape index (κ1) is 18.3. The Bertz CT molecular complexity index is 1030. The number of benzene rings is 2. The average Bonchev–Trinajstić information content (AvgIpc) is 2.74. The summed E-state index contributed by atoms with van der Waals surface area (Å²) in [6, 6.07) is 15.4. The van der Waals surface area contributed by atoms with Crippen LogP contribution >= 0.6 is 0 Å². The standard InChI is InChI=1S/C23H24N2O3/c1-27-18-13-11-17(12-14-18)25-22-19-9-5-6-10-21(19)28-23(26)20(22)15-24-16-7-3-2-4-8-16/h5-6,9-16,25H,2-4,7-8H2,1H3/b24-15+. The van der Waals surface area contributed by atoms with E-state index in [1.807, 2.05) is 42.5 Å². The maximum atomic E-state index is 12.7. The van der Waals surface area contributed by atoms with Gasteiger partial charge in [-0.25, -0.2) is 4.79 Å². The summed E-state index contributed by atoms with van der Waals surface area (Å²) in [5.74, 6) is 0.780. The molecular weight excluding hydrogens is 352 g/mol. The van der Waals surface area contributed by atoms with Gasteiger partial charge in [0.1, 0.15) is 16.9 Å². The molecule has 0 amide bonds. The maximum Gasteiger partial charge on any atom is 0.347 e. The lowest BCUT2D eigenvalue weighted by Crippen LogP contribution is -2.14. The number of hydrogen-bond donors (Lipinski definition) is 1. The second-order valence-electron chi connectivity index (χ2n) is 7.10. The first-order valence-corrected chi connectivity index (χ1v) is 9.75. The predicted molar refractivity (Wildman–Crippen MR) is 113 cm³/mol. The largest absolute Gasteiger partial charge is 0.497 e. The van der Waals surface area contributed by atoms with Crippen LogP contribution in [-0.4, -0.2) is 19.4 Å². The van der Waals surface area contributed by atoms with Crippen LogP contribution < -0.4 is 15.7 Å². The number of methoxy groups -OCH3 is 1. The summed E-state index contributed by atoms with van der Waals surface area (Å²) in [7, 11) is 1.64. The van der Waals surface area contributed by atoms with Crippen LogP contribution in [0.15, 0.2) is 62.7 Å². The van der Waals surface area contributed by atoms with E-state index < -0.39 is 0 Å². The fourth-order valence-electron chi connectivity index (χ4n) is 3.64. The van der Waals surface area contributed by atoms with Crippen LogP contribution in [0, 0.1) is 0 Å². The minimum Gasteiger partial charge on any atom is -0.497 e. The van der Waals surface area contributed by atoms with E-state index in [1.165, 1.54) is 19.3 Å². The monoisotopic (exact) mass is 376 g/mol. The van der Waals surface area contributed by atoms with Crippen molar-refractivity contribution in [1.29, 1.82) is 0 Å². The lowest BCUT2D eigenvalue weighted by Gasteiger charge is -2.17. The highest BCUT2D eigenvalue weighted by atomic mass is 16.5. The van der Waals surface area contributed by atoms with Crippen LogP contribution in [0.3, 0.4) is 0 Å². The van der Waals surface area contributed by atoms with Gasteiger partial charge in [-0.05, 0) is 49.2 Å². The quantitative estimate of drug-likeness (QED) is 0.485. The zero-order valence-corrected chi connectivity index (χ0v) is 16.0. The third-order valence-electron chi connectivity index (χ3n) is 5.20. The number of fused-ring (bicyclic) bond motifs is 1. The molecule has 28 heavy (non-hydrogen) atoms. The van der Waals surface area contributed by atoms with Crippen LogP contribution in [0.25, 0.3) is 11.0 Å². The lowest BCUT2D eigenvalue weighted by molar-refractivity contribution is 0.415. The van der Waals surface area contributed by atoms with Crippen molar-refractivity contribution in [2.45, 2.75) is 38.1 Å². The molecule has 1 saturated carbocycles. The van der Waals surface area contributed by atoms with Gasteiger partial charge in [0.15, 0.2) is 0 Å². The van der Waals surface area contributed by atoms with E-state index >= 15 is 0 Å². The molecule has 0 radical (unpaired) electrons. The molecule has 1 aromatic heterocycles. The molecule has 3 aromatic rings. The number of hydrogen-bond acceptors (Lipinski definition) is 5. The molecule has 0 saturated heterocycles. The first-order valence-electron chi connectivity index (χ1n) is 9.75. The van der Waals surface area contributed by atoms with E-state index in [2.05, 4.69) is 5.32 Å². The Kier molecular flexibility index (Phi) is 5.42. The Balaban J connectivity index is 1.76. The Morgan fingerprint density at radius 1 is 1.07 bits per heavy atom. The van der Waals surface area contributed by atoms with E-state index in [9.17, 15) is 4.79 Å². The highest BCUT2D eigenvalue weighted by Crippen LogP contribution is 2.29. The summed E-state index contributed by atoms with van der Waals surface area (Å²) < 4.78 is 10.8. The van der Waals surface area contributed by atoms with E-state index in [-0.39, 0.29) is 11.7 Å². The van der Waals surface area contributed by atoms with Gasteiger partial charge in [0, 0.05) is 23.3 Å². The molecule has 1 fully saturated rings. The van der Waals surface area contributed by atoms with Crippen molar-refractivity contribution < 1.29 is 9.15 Å². The number of anilines is 2. The van der Waals surface area contributed by atoms with Crippen LogP contribution in [-0.2, 0) is 0 Å². The lowest BCUT2D eigenvalue weighted by atomic mass is 9.96. The topological polar surface area (TPSA) is 63.8 Å². The minimum atomic E-state index is -0.380. The van der Waals surface area contributed by atoms with E-state index in [0.717, 1.165) is 35.4 Å². The second kappa shape index (κ2) is 8.30. The molecule has 1 heterocycles. The van der Waals surface area contributed by atoms with Gasteiger partial charge in [0.2, 0.25) is 0 Å². The number of para-hydroxylation sites is 1. The van der Waals surface area contributed by atoms with Crippen molar-refractivity contribution in [2.24, 2.45) is 4.99 Å². The van der Waals surface area contributed by atoms with E-state index in [1.54, 1.807) is 19.4 Å². The molecule has 4 rings (SSSR count). The molecule has 0 spiro atoms. The zero-order valence-electron chi connectivity index (χ0n) is 16.0. The second-order valence-corrected chi connectivity index (χ2v) is 7.10. The Morgan fingerprint density at radius 2 is 1.82 bits per heavy atom. The zero-order chi connectivity index (χ0) is 19.3. The van der Waals surface area contributed by atoms with Gasteiger partial charge in [-0.3, -0.25) is 4.99 Å². The molecule has 2 aromatic carbocycles. The molecular formula is C23H24N2O3. The summed E-state index contributed by atoms with van der Waals surface area (Å²) in [5.41, 5.74) is 2.22. The number of nitrogens with one attached hydrogen (secondary N) is 1. The summed E-state index contributed by atoms with van der Waals surface area (Å²) in [6.07, 6.45) is 7.53. The maximum absolute atomic E-state index is 12.7. The third-order valence-corrected chi connectivity index (χ3v) is 5.20. The van der Waals surface area contributed by atoms with Gasteiger partial charge >= 0.3 is 5.63 Å². The Morgan fingerprint density at radius 3 is 2.57 bits per heavy atom. The molecule has 0 bridgehead atoms. The van der Waals surface area contributed by atoms with Gasteiger partial charge in [0.25, 0.3) is 0 Å². The summed E-state index contributed by atoms with van der Waals surface area (Å²) in [4.78, 5) is 17.4. The highest BCUT2D eigenvalue weighted by Gasteiger charge is 2.16. The molecule has 0 unspecified atom stereocenters. The van der Waals surface area contributed by atoms with Crippen molar-refractivity contribution in [2.75, 3.05) is 12.4 Å². The van der Waals surface area contributed by atoms with Crippen molar-refractivity contribution in [3.8, 4) is 5.75 Å². The van der Waals surface area contributed by atoms with Crippen LogP contribution in [0.4, 0.5) is 11.4 Å². The van der Waals surface area contributed by atoms with Crippen molar-refractivity contribution >= 4 is 28.6 Å². The van der Waals surface area contributed by atoms with Crippen molar-refractivity contribution in [1.82, 2.24) is 0 Å². The van der Waals surface area contributed by atoms with Crippen molar-refractivity contribution in [3.05, 3.63) is 64.5 Å². The summed E-state index contributed by atoms with van der Waals surface area (Å²) >= 11 is 0. The van der Waals surface area contributed by atoms with Crippen LogP contribution in [0.1, 0.15) is 37.7 Å².